The summed E-state index contributed by atoms with van der Waals surface area (Å²) in [6.07, 6.45) is 0. The number of hydrogen-bond acceptors (Lipinski definition) is 2. The fraction of sp³-hybridized carbons (Fsp3) is 0.111. The third-order valence-corrected chi connectivity index (χ3v) is 4.61. The molecule has 1 aromatic heterocycles. The lowest BCUT2D eigenvalue weighted by Gasteiger charge is -2.18. The van der Waals surface area contributed by atoms with Gasteiger partial charge in [-0.3, -0.25) is 0 Å². The number of thiophene rings is 1. The summed E-state index contributed by atoms with van der Waals surface area (Å²) in [7, 11) is 0. The van der Waals surface area contributed by atoms with Crippen molar-refractivity contribution >= 4 is 28.6 Å². The number of para-hydroxylation sites is 1. The summed E-state index contributed by atoms with van der Waals surface area (Å²) in [5.74, 6) is 0. The van der Waals surface area contributed by atoms with E-state index in [1.54, 1.807) is 11.3 Å². The Morgan fingerprint density at radius 1 is 0.952 bits per heavy atom. The molecule has 0 saturated carbocycles. The molecule has 1 unspecified atom stereocenters. The smallest absolute Gasteiger partial charge is 0.0485 e. The number of anilines is 1. The third kappa shape index (κ3) is 3.29. The number of rotatable bonds is 4. The van der Waals surface area contributed by atoms with Crippen LogP contribution in [0.3, 0.4) is 0 Å². The zero-order chi connectivity index (χ0) is 14.7. The Labute approximate surface area is 134 Å². The zero-order valence-electron chi connectivity index (χ0n) is 11.7. The normalized spacial score (nSPS) is 12.1. The van der Waals surface area contributed by atoms with Gasteiger partial charge in [0.2, 0.25) is 0 Å². The highest BCUT2D eigenvalue weighted by Crippen LogP contribution is 2.33. The highest BCUT2D eigenvalue weighted by Gasteiger charge is 2.09. The highest BCUT2D eigenvalue weighted by atomic mass is 35.5. The first kappa shape index (κ1) is 14.2. The van der Waals surface area contributed by atoms with Gasteiger partial charge in [-0.05, 0) is 42.1 Å². The second-order valence-electron chi connectivity index (χ2n) is 4.94. The molecule has 0 amide bonds. The second-order valence-corrected chi connectivity index (χ2v) is 6.32. The van der Waals surface area contributed by atoms with E-state index in [0.29, 0.717) is 0 Å². The van der Waals surface area contributed by atoms with E-state index in [1.165, 1.54) is 16.0 Å². The standard InChI is InChI=1S/C18H16ClNS/c1-13(14-8-10-15(19)11-9-14)20-17-6-3-2-5-16(17)18-7-4-12-21-18/h2-13,20H,1H3. The van der Waals surface area contributed by atoms with E-state index in [9.17, 15) is 0 Å². The van der Waals surface area contributed by atoms with Crippen LogP contribution >= 0.6 is 22.9 Å². The maximum Gasteiger partial charge on any atom is 0.0485 e. The zero-order valence-corrected chi connectivity index (χ0v) is 13.3. The lowest BCUT2D eigenvalue weighted by molar-refractivity contribution is 0.885. The van der Waals surface area contributed by atoms with Gasteiger partial charge in [-0.1, -0.05) is 48.0 Å². The van der Waals surface area contributed by atoms with Gasteiger partial charge in [0.1, 0.15) is 0 Å². The number of nitrogens with one attached hydrogen (secondary N) is 1. The Morgan fingerprint density at radius 3 is 2.43 bits per heavy atom. The van der Waals surface area contributed by atoms with Crippen molar-refractivity contribution in [2.24, 2.45) is 0 Å². The van der Waals surface area contributed by atoms with Gasteiger partial charge >= 0.3 is 0 Å². The summed E-state index contributed by atoms with van der Waals surface area (Å²) in [5, 5.41) is 6.47. The van der Waals surface area contributed by atoms with Gasteiger partial charge in [-0.15, -0.1) is 11.3 Å². The number of benzene rings is 2. The predicted molar refractivity (Wildman–Crippen MR) is 93.2 cm³/mol. The number of hydrogen-bond donors (Lipinski definition) is 1. The van der Waals surface area contributed by atoms with Gasteiger partial charge in [0.05, 0.1) is 0 Å². The maximum atomic E-state index is 5.95. The van der Waals surface area contributed by atoms with Crippen molar-refractivity contribution < 1.29 is 0 Å². The Morgan fingerprint density at radius 2 is 1.71 bits per heavy atom. The van der Waals surface area contributed by atoms with E-state index in [1.807, 2.05) is 12.1 Å². The average Bonchev–Trinajstić information content (AvgIpc) is 3.02. The van der Waals surface area contributed by atoms with Gasteiger partial charge in [-0.25, -0.2) is 0 Å². The molecule has 3 aromatic rings. The molecule has 3 heteroatoms. The van der Waals surface area contributed by atoms with E-state index in [0.717, 1.165) is 10.7 Å². The largest absolute Gasteiger partial charge is 0.378 e. The summed E-state index contributed by atoms with van der Waals surface area (Å²) in [6.45, 7) is 2.16. The molecule has 0 saturated heterocycles. The molecule has 0 aliphatic heterocycles. The van der Waals surface area contributed by atoms with Gasteiger partial charge in [-0.2, -0.15) is 0 Å². The first-order chi connectivity index (χ1) is 10.2. The molecule has 0 aliphatic rings. The van der Waals surface area contributed by atoms with Crippen LogP contribution in [-0.2, 0) is 0 Å². The SMILES string of the molecule is CC(Nc1ccccc1-c1cccs1)c1ccc(Cl)cc1. The van der Waals surface area contributed by atoms with E-state index in [4.69, 9.17) is 11.6 Å². The minimum absolute atomic E-state index is 0.225. The summed E-state index contributed by atoms with van der Waals surface area (Å²) >= 11 is 7.71. The number of halogens is 1. The monoisotopic (exact) mass is 313 g/mol. The lowest BCUT2D eigenvalue weighted by atomic mass is 10.1. The maximum absolute atomic E-state index is 5.95. The quantitative estimate of drug-likeness (QED) is 0.601. The fourth-order valence-electron chi connectivity index (χ4n) is 2.32. The highest BCUT2D eigenvalue weighted by molar-refractivity contribution is 7.13. The molecule has 1 atom stereocenters. The molecule has 0 spiro atoms. The Hall–Kier alpha value is -1.77. The van der Waals surface area contributed by atoms with Gasteiger partial charge < -0.3 is 5.32 Å². The van der Waals surface area contributed by atoms with Gasteiger partial charge in [0.15, 0.2) is 0 Å². The van der Waals surface area contributed by atoms with Crippen LogP contribution in [0.1, 0.15) is 18.5 Å². The molecule has 3 rings (SSSR count). The topological polar surface area (TPSA) is 12.0 Å². The van der Waals surface area contributed by atoms with Crippen molar-refractivity contribution in [3.63, 3.8) is 0 Å². The summed E-state index contributed by atoms with van der Waals surface area (Å²) in [6, 6.07) is 20.9. The first-order valence-corrected chi connectivity index (χ1v) is 8.15. The second kappa shape index (κ2) is 6.33. The summed E-state index contributed by atoms with van der Waals surface area (Å²) in [4.78, 5) is 1.28. The van der Waals surface area contributed by atoms with Crippen molar-refractivity contribution in [1.29, 1.82) is 0 Å². The molecule has 1 nitrogen and oxygen atoms in total. The molecule has 0 bridgehead atoms. The molecule has 1 heterocycles. The van der Waals surface area contributed by atoms with E-state index in [-0.39, 0.29) is 6.04 Å². The van der Waals surface area contributed by atoms with Crippen LogP contribution in [0.25, 0.3) is 10.4 Å². The van der Waals surface area contributed by atoms with Crippen molar-refractivity contribution in [3.8, 4) is 10.4 Å². The molecule has 0 radical (unpaired) electrons. The first-order valence-electron chi connectivity index (χ1n) is 6.89. The average molecular weight is 314 g/mol. The fourth-order valence-corrected chi connectivity index (χ4v) is 3.22. The van der Waals surface area contributed by atoms with Crippen molar-refractivity contribution in [3.05, 3.63) is 76.6 Å². The van der Waals surface area contributed by atoms with Crippen LogP contribution in [-0.4, -0.2) is 0 Å². The van der Waals surface area contributed by atoms with Crippen molar-refractivity contribution in [2.75, 3.05) is 5.32 Å². The molecule has 1 N–H and O–H groups in total. The summed E-state index contributed by atoms with van der Waals surface area (Å²) < 4.78 is 0. The third-order valence-electron chi connectivity index (χ3n) is 3.46. The molecular formula is C18H16ClNS. The minimum Gasteiger partial charge on any atom is -0.378 e. The molecular weight excluding hydrogens is 298 g/mol. The van der Waals surface area contributed by atoms with Crippen LogP contribution in [0, 0.1) is 0 Å². The van der Waals surface area contributed by atoms with E-state index < -0.39 is 0 Å². The van der Waals surface area contributed by atoms with Crippen LogP contribution < -0.4 is 5.32 Å². The minimum atomic E-state index is 0.225. The Balaban J connectivity index is 1.86. The Kier molecular flexibility index (Phi) is 4.28. The van der Waals surface area contributed by atoms with Crippen LogP contribution in [0.5, 0.6) is 0 Å². The Bertz CT molecular complexity index is 704. The van der Waals surface area contributed by atoms with Crippen molar-refractivity contribution in [1.82, 2.24) is 0 Å². The molecule has 21 heavy (non-hydrogen) atoms. The van der Waals surface area contributed by atoms with E-state index >= 15 is 0 Å². The van der Waals surface area contributed by atoms with E-state index in [2.05, 4.69) is 66.2 Å². The van der Waals surface area contributed by atoms with Gasteiger partial charge in [0, 0.05) is 27.2 Å². The summed E-state index contributed by atoms with van der Waals surface area (Å²) in [5.41, 5.74) is 3.62. The van der Waals surface area contributed by atoms with Crippen molar-refractivity contribution in [2.45, 2.75) is 13.0 Å². The molecule has 0 fully saturated rings. The van der Waals surface area contributed by atoms with Crippen LogP contribution in [0.15, 0.2) is 66.0 Å². The van der Waals surface area contributed by atoms with Crippen LogP contribution in [0.2, 0.25) is 5.02 Å². The molecule has 2 aromatic carbocycles. The molecule has 0 aliphatic carbocycles. The van der Waals surface area contributed by atoms with Gasteiger partial charge in [0.25, 0.3) is 0 Å². The lowest BCUT2D eigenvalue weighted by Crippen LogP contribution is -2.07. The predicted octanol–water partition coefficient (Wildman–Crippen LogP) is 6.24. The van der Waals surface area contributed by atoms with Crippen LogP contribution in [0.4, 0.5) is 5.69 Å². The molecule has 106 valence electrons.